The summed E-state index contributed by atoms with van der Waals surface area (Å²) in [7, 11) is 0. The van der Waals surface area contributed by atoms with Crippen molar-refractivity contribution in [3.8, 4) is 0 Å². The molecule has 0 N–H and O–H groups in total. The lowest BCUT2D eigenvalue weighted by atomic mass is 10.1. The minimum absolute atomic E-state index is 0.0374. The zero-order valence-electron chi connectivity index (χ0n) is 13.1. The van der Waals surface area contributed by atoms with Gasteiger partial charge in [-0.15, -0.1) is 0 Å². The molecule has 4 nitrogen and oxygen atoms in total. The van der Waals surface area contributed by atoms with E-state index in [4.69, 9.17) is 16.3 Å². The van der Waals surface area contributed by atoms with Crippen LogP contribution in [0.15, 0.2) is 42.5 Å². The van der Waals surface area contributed by atoms with Gasteiger partial charge in [0.2, 0.25) is 5.91 Å². The average Bonchev–Trinajstić information content (AvgIpc) is 2.54. The Bertz CT molecular complexity index is 614. The van der Waals surface area contributed by atoms with Gasteiger partial charge in [0, 0.05) is 42.6 Å². The summed E-state index contributed by atoms with van der Waals surface area (Å²) in [6, 6.07) is 7.28. The summed E-state index contributed by atoms with van der Waals surface area (Å²) in [5.74, 6) is -0.401. The third-order valence-electron chi connectivity index (χ3n) is 3.66. The van der Waals surface area contributed by atoms with Gasteiger partial charge in [-0.2, -0.15) is 0 Å². The lowest BCUT2D eigenvalue weighted by molar-refractivity contribution is -0.147. The molecule has 0 radical (unpaired) electrons. The van der Waals surface area contributed by atoms with E-state index in [0.717, 1.165) is 5.56 Å². The molecule has 1 aromatic rings. The van der Waals surface area contributed by atoms with Crippen LogP contribution in [0.4, 0.5) is 0 Å². The van der Waals surface area contributed by atoms with E-state index >= 15 is 0 Å². The minimum Gasteiger partial charge on any atom is -0.459 e. The predicted octanol–water partition coefficient (Wildman–Crippen LogP) is 3.46. The Morgan fingerprint density at radius 1 is 1.26 bits per heavy atom. The van der Waals surface area contributed by atoms with Gasteiger partial charge in [0.15, 0.2) is 0 Å². The maximum Gasteiger partial charge on any atom is 0.333 e. The summed E-state index contributed by atoms with van der Waals surface area (Å²) in [6.07, 6.45) is 4.50. The molecule has 1 heterocycles. The van der Waals surface area contributed by atoms with Gasteiger partial charge >= 0.3 is 5.97 Å². The molecule has 2 rings (SSSR count). The first-order valence-electron chi connectivity index (χ1n) is 7.55. The predicted molar refractivity (Wildman–Crippen MR) is 91.0 cm³/mol. The first-order chi connectivity index (χ1) is 11.0. The Labute approximate surface area is 141 Å². The molecule has 0 saturated carbocycles. The van der Waals surface area contributed by atoms with Crippen LogP contribution in [-0.2, 0) is 14.3 Å². The Morgan fingerprint density at radius 2 is 1.87 bits per heavy atom. The normalized spacial score (nSPS) is 15.7. The first-order valence-corrected chi connectivity index (χ1v) is 7.92. The lowest BCUT2D eigenvalue weighted by Crippen LogP contribution is -2.40. The number of piperidine rings is 1. The number of amides is 1. The van der Waals surface area contributed by atoms with Crippen molar-refractivity contribution in [3.05, 3.63) is 53.1 Å². The van der Waals surface area contributed by atoms with Crippen molar-refractivity contribution >= 4 is 29.6 Å². The maximum absolute atomic E-state index is 12.2. The zero-order chi connectivity index (χ0) is 16.8. The van der Waals surface area contributed by atoms with E-state index in [9.17, 15) is 9.59 Å². The molecule has 1 fully saturated rings. The van der Waals surface area contributed by atoms with Crippen molar-refractivity contribution in [2.24, 2.45) is 0 Å². The van der Waals surface area contributed by atoms with Crippen molar-refractivity contribution in [2.45, 2.75) is 25.9 Å². The molecule has 1 amide bonds. The standard InChI is InChI=1S/C18H20ClNO3/c1-13(2)18(22)23-16-9-11-20(12-10-16)17(21)8-5-14-3-6-15(19)7-4-14/h3-8,16H,1,9-12H2,2H3/b8-5+. The van der Waals surface area contributed by atoms with Gasteiger partial charge in [0.05, 0.1) is 0 Å². The van der Waals surface area contributed by atoms with Gasteiger partial charge in [-0.25, -0.2) is 4.79 Å². The number of benzene rings is 1. The molecule has 1 aliphatic heterocycles. The highest BCUT2D eigenvalue weighted by Gasteiger charge is 2.24. The van der Waals surface area contributed by atoms with Gasteiger partial charge in [-0.1, -0.05) is 30.3 Å². The number of esters is 1. The van der Waals surface area contributed by atoms with E-state index in [2.05, 4.69) is 6.58 Å². The van der Waals surface area contributed by atoms with E-state index < -0.39 is 0 Å². The summed E-state index contributed by atoms with van der Waals surface area (Å²) in [6.45, 7) is 6.36. The number of hydrogen-bond acceptors (Lipinski definition) is 3. The fourth-order valence-corrected chi connectivity index (χ4v) is 2.42. The number of likely N-dealkylation sites (tertiary alicyclic amines) is 1. The third kappa shape index (κ3) is 5.25. The number of carbonyl (C=O) groups excluding carboxylic acids is 2. The second kappa shape index (κ2) is 7.97. The van der Waals surface area contributed by atoms with Crippen LogP contribution in [-0.4, -0.2) is 36.0 Å². The molecule has 5 heteroatoms. The molecule has 0 spiro atoms. The third-order valence-corrected chi connectivity index (χ3v) is 3.92. The quantitative estimate of drug-likeness (QED) is 0.626. The topological polar surface area (TPSA) is 46.6 Å². The van der Waals surface area contributed by atoms with Crippen molar-refractivity contribution in [1.29, 1.82) is 0 Å². The Kier molecular flexibility index (Phi) is 5.99. The number of rotatable bonds is 4. The van der Waals surface area contributed by atoms with Crippen LogP contribution >= 0.6 is 11.6 Å². The molecule has 1 aliphatic rings. The van der Waals surface area contributed by atoms with Crippen LogP contribution in [0.3, 0.4) is 0 Å². The van der Waals surface area contributed by atoms with Crippen LogP contribution in [0.2, 0.25) is 5.02 Å². The highest BCUT2D eigenvalue weighted by molar-refractivity contribution is 6.30. The number of carbonyl (C=O) groups is 2. The molecule has 1 aromatic carbocycles. The van der Waals surface area contributed by atoms with E-state index in [1.165, 1.54) is 0 Å². The first kappa shape index (κ1) is 17.3. The van der Waals surface area contributed by atoms with Crippen LogP contribution in [0.5, 0.6) is 0 Å². The zero-order valence-corrected chi connectivity index (χ0v) is 13.9. The number of hydrogen-bond donors (Lipinski definition) is 0. The highest BCUT2D eigenvalue weighted by Crippen LogP contribution is 2.16. The van der Waals surface area contributed by atoms with E-state index in [-0.39, 0.29) is 18.0 Å². The number of halogens is 1. The molecule has 1 saturated heterocycles. The molecular formula is C18H20ClNO3. The van der Waals surface area contributed by atoms with Crippen molar-refractivity contribution in [3.63, 3.8) is 0 Å². The van der Waals surface area contributed by atoms with Gasteiger partial charge in [-0.05, 0) is 30.7 Å². The minimum atomic E-state index is -0.364. The fraction of sp³-hybridized carbons (Fsp3) is 0.333. The second-order valence-corrected chi connectivity index (χ2v) is 6.03. The van der Waals surface area contributed by atoms with Gasteiger partial charge in [0.25, 0.3) is 0 Å². The molecular weight excluding hydrogens is 314 g/mol. The maximum atomic E-state index is 12.2. The lowest BCUT2D eigenvalue weighted by Gasteiger charge is -2.31. The largest absolute Gasteiger partial charge is 0.459 e. The molecule has 23 heavy (non-hydrogen) atoms. The molecule has 122 valence electrons. The van der Waals surface area contributed by atoms with E-state index in [1.807, 2.05) is 12.1 Å². The monoisotopic (exact) mass is 333 g/mol. The Balaban J connectivity index is 1.82. The molecule has 0 aliphatic carbocycles. The van der Waals surface area contributed by atoms with Crippen LogP contribution in [0.25, 0.3) is 6.08 Å². The van der Waals surface area contributed by atoms with Crippen molar-refractivity contribution in [2.75, 3.05) is 13.1 Å². The van der Waals surface area contributed by atoms with Crippen molar-refractivity contribution < 1.29 is 14.3 Å². The van der Waals surface area contributed by atoms with E-state index in [0.29, 0.717) is 36.5 Å². The SMILES string of the molecule is C=C(C)C(=O)OC1CCN(C(=O)/C=C/c2ccc(Cl)cc2)CC1. The summed E-state index contributed by atoms with van der Waals surface area (Å²) in [5.41, 5.74) is 1.32. The van der Waals surface area contributed by atoms with Gasteiger partial charge in [0.1, 0.15) is 6.10 Å². The van der Waals surface area contributed by atoms with Crippen LogP contribution < -0.4 is 0 Å². The summed E-state index contributed by atoms with van der Waals surface area (Å²) in [4.78, 5) is 25.4. The summed E-state index contributed by atoms with van der Waals surface area (Å²) >= 11 is 5.82. The van der Waals surface area contributed by atoms with Gasteiger partial charge < -0.3 is 9.64 Å². The Hall–Kier alpha value is -2.07. The molecule has 0 aromatic heterocycles. The summed E-state index contributed by atoms with van der Waals surface area (Å²) < 4.78 is 5.31. The Morgan fingerprint density at radius 3 is 2.43 bits per heavy atom. The number of nitrogens with zero attached hydrogens (tertiary/aromatic N) is 1. The summed E-state index contributed by atoms with van der Waals surface area (Å²) in [5, 5.41) is 0.667. The average molecular weight is 334 g/mol. The smallest absolute Gasteiger partial charge is 0.333 e. The molecule has 0 unspecified atom stereocenters. The molecule has 0 atom stereocenters. The van der Waals surface area contributed by atoms with Gasteiger partial charge in [-0.3, -0.25) is 4.79 Å². The van der Waals surface area contributed by atoms with Crippen LogP contribution in [0, 0.1) is 0 Å². The number of ether oxygens (including phenoxy) is 1. The molecule has 0 bridgehead atoms. The second-order valence-electron chi connectivity index (χ2n) is 5.60. The highest BCUT2D eigenvalue weighted by atomic mass is 35.5. The van der Waals surface area contributed by atoms with Crippen LogP contribution in [0.1, 0.15) is 25.3 Å². The fourth-order valence-electron chi connectivity index (χ4n) is 2.29. The van der Waals surface area contributed by atoms with E-state index in [1.54, 1.807) is 36.1 Å². The van der Waals surface area contributed by atoms with Crippen molar-refractivity contribution in [1.82, 2.24) is 4.90 Å².